The number of methoxy groups -OCH3 is 1. The lowest BCUT2D eigenvalue weighted by atomic mass is 10.2. The first-order valence-corrected chi connectivity index (χ1v) is 6.31. The molecule has 0 fully saturated rings. The second-order valence-electron chi connectivity index (χ2n) is 4.30. The van der Waals surface area contributed by atoms with Crippen LogP contribution in [0.1, 0.15) is 19.8 Å². The van der Waals surface area contributed by atoms with Gasteiger partial charge in [0, 0.05) is 19.2 Å². The van der Waals surface area contributed by atoms with E-state index in [2.05, 4.69) is 5.32 Å². The van der Waals surface area contributed by atoms with Crippen molar-refractivity contribution in [3.63, 3.8) is 0 Å². The van der Waals surface area contributed by atoms with E-state index in [1.165, 1.54) is 0 Å². The number of carbonyl (C=O) groups is 1. The van der Waals surface area contributed by atoms with Gasteiger partial charge in [0.2, 0.25) is 5.91 Å². The maximum atomic E-state index is 11.5. The minimum atomic E-state index is -0.456. The standard InChI is InChI=1S/C14H21NO4/c1-11(16)3-8-14(17)15-12-4-6-13(7-5-12)19-10-9-18-2/h4-7,11,16H,3,8-10H2,1-2H3,(H,15,17). The van der Waals surface area contributed by atoms with Gasteiger partial charge in [-0.3, -0.25) is 4.79 Å². The Kier molecular flexibility index (Phi) is 6.92. The minimum Gasteiger partial charge on any atom is -0.491 e. The van der Waals surface area contributed by atoms with Gasteiger partial charge < -0.3 is 19.9 Å². The summed E-state index contributed by atoms with van der Waals surface area (Å²) in [6, 6.07) is 7.14. The zero-order chi connectivity index (χ0) is 14.1. The Bertz CT molecular complexity index is 376. The van der Waals surface area contributed by atoms with Crippen molar-refractivity contribution in [3.8, 4) is 5.75 Å². The fraction of sp³-hybridized carbons (Fsp3) is 0.500. The summed E-state index contributed by atoms with van der Waals surface area (Å²) in [6.45, 7) is 2.70. The number of ether oxygens (including phenoxy) is 2. The Hall–Kier alpha value is -1.59. The third-order valence-corrected chi connectivity index (χ3v) is 2.48. The van der Waals surface area contributed by atoms with Crippen molar-refractivity contribution >= 4 is 11.6 Å². The molecule has 1 amide bonds. The Morgan fingerprint density at radius 1 is 1.32 bits per heavy atom. The number of hydrogen-bond acceptors (Lipinski definition) is 4. The fourth-order valence-electron chi connectivity index (χ4n) is 1.44. The molecule has 19 heavy (non-hydrogen) atoms. The summed E-state index contributed by atoms with van der Waals surface area (Å²) in [6.07, 6.45) is 0.315. The van der Waals surface area contributed by atoms with E-state index in [4.69, 9.17) is 14.6 Å². The number of aliphatic hydroxyl groups is 1. The van der Waals surface area contributed by atoms with Gasteiger partial charge in [0.1, 0.15) is 12.4 Å². The van der Waals surface area contributed by atoms with Crippen LogP contribution in [0.4, 0.5) is 5.69 Å². The average Bonchev–Trinajstić information content (AvgIpc) is 2.39. The maximum absolute atomic E-state index is 11.5. The highest BCUT2D eigenvalue weighted by Crippen LogP contribution is 2.16. The van der Waals surface area contributed by atoms with Crippen molar-refractivity contribution in [2.75, 3.05) is 25.6 Å². The molecule has 5 heteroatoms. The average molecular weight is 267 g/mol. The van der Waals surface area contributed by atoms with Crippen LogP contribution in [-0.2, 0) is 9.53 Å². The van der Waals surface area contributed by atoms with Crippen molar-refractivity contribution in [1.29, 1.82) is 0 Å². The molecule has 1 aromatic carbocycles. The minimum absolute atomic E-state index is 0.103. The third-order valence-electron chi connectivity index (χ3n) is 2.48. The quantitative estimate of drug-likeness (QED) is 0.705. The second kappa shape index (κ2) is 8.50. The number of amides is 1. The molecular weight excluding hydrogens is 246 g/mol. The predicted molar refractivity (Wildman–Crippen MR) is 73.4 cm³/mol. The molecule has 0 spiro atoms. The van der Waals surface area contributed by atoms with Gasteiger partial charge in [0.15, 0.2) is 0 Å². The van der Waals surface area contributed by atoms with Crippen molar-refractivity contribution < 1.29 is 19.4 Å². The molecule has 1 aromatic rings. The van der Waals surface area contributed by atoms with Crippen LogP contribution in [0.3, 0.4) is 0 Å². The largest absolute Gasteiger partial charge is 0.491 e. The summed E-state index contributed by atoms with van der Waals surface area (Å²) in [5.41, 5.74) is 0.717. The van der Waals surface area contributed by atoms with Crippen LogP contribution < -0.4 is 10.1 Å². The predicted octanol–water partition coefficient (Wildman–Crippen LogP) is 1.81. The van der Waals surface area contributed by atoms with Crippen LogP contribution in [0, 0.1) is 0 Å². The normalized spacial score (nSPS) is 11.9. The molecular formula is C14H21NO4. The van der Waals surface area contributed by atoms with Crippen LogP contribution >= 0.6 is 0 Å². The van der Waals surface area contributed by atoms with Gasteiger partial charge in [0.25, 0.3) is 0 Å². The van der Waals surface area contributed by atoms with Gasteiger partial charge in [-0.2, -0.15) is 0 Å². The summed E-state index contributed by atoms with van der Waals surface area (Å²) in [7, 11) is 1.62. The number of nitrogens with one attached hydrogen (secondary N) is 1. The van der Waals surface area contributed by atoms with Crippen LogP contribution in [0.2, 0.25) is 0 Å². The Balaban J connectivity index is 2.37. The molecule has 0 saturated carbocycles. The van der Waals surface area contributed by atoms with Gasteiger partial charge in [-0.25, -0.2) is 0 Å². The van der Waals surface area contributed by atoms with E-state index >= 15 is 0 Å². The zero-order valence-electron chi connectivity index (χ0n) is 11.4. The van der Waals surface area contributed by atoms with Gasteiger partial charge in [-0.1, -0.05) is 0 Å². The monoisotopic (exact) mass is 267 g/mol. The molecule has 0 saturated heterocycles. The van der Waals surface area contributed by atoms with E-state index in [0.717, 1.165) is 11.4 Å². The van der Waals surface area contributed by atoms with Crippen LogP contribution in [0.5, 0.6) is 5.75 Å². The molecule has 0 aliphatic heterocycles. The second-order valence-corrected chi connectivity index (χ2v) is 4.30. The van der Waals surface area contributed by atoms with Crippen LogP contribution in [0.25, 0.3) is 0 Å². The van der Waals surface area contributed by atoms with E-state index in [9.17, 15) is 4.79 Å². The molecule has 0 aliphatic carbocycles. The first-order chi connectivity index (χ1) is 9.11. The fourth-order valence-corrected chi connectivity index (χ4v) is 1.44. The molecule has 0 aliphatic rings. The summed E-state index contributed by atoms with van der Waals surface area (Å²) < 4.78 is 10.3. The lowest BCUT2D eigenvalue weighted by Gasteiger charge is -2.08. The first-order valence-electron chi connectivity index (χ1n) is 6.31. The lowest BCUT2D eigenvalue weighted by Crippen LogP contribution is -2.14. The first kappa shape index (κ1) is 15.5. The molecule has 1 atom stereocenters. The SMILES string of the molecule is COCCOc1ccc(NC(=O)CCC(C)O)cc1. The van der Waals surface area contributed by atoms with Crippen molar-refractivity contribution in [3.05, 3.63) is 24.3 Å². The van der Waals surface area contributed by atoms with Crippen LogP contribution in [-0.4, -0.2) is 37.4 Å². The Labute approximate surface area is 113 Å². The Morgan fingerprint density at radius 2 is 2.00 bits per heavy atom. The number of benzene rings is 1. The summed E-state index contributed by atoms with van der Waals surface area (Å²) in [5, 5.41) is 11.9. The zero-order valence-corrected chi connectivity index (χ0v) is 11.4. The molecule has 5 nitrogen and oxygen atoms in total. The highest BCUT2D eigenvalue weighted by Gasteiger charge is 2.04. The number of carbonyl (C=O) groups excluding carboxylic acids is 1. The topological polar surface area (TPSA) is 67.8 Å². The number of anilines is 1. The maximum Gasteiger partial charge on any atom is 0.224 e. The highest BCUT2D eigenvalue weighted by molar-refractivity contribution is 5.90. The summed E-state index contributed by atoms with van der Waals surface area (Å²) in [5.74, 6) is 0.632. The van der Waals surface area contributed by atoms with Gasteiger partial charge in [0.05, 0.1) is 12.7 Å². The lowest BCUT2D eigenvalue weighted by molar-refractivity contribution is -0.116. The Morgan fingerprint density at radius 3 is 2.58 bits per heavy atom. The van der Waals surface area contributed by atoms with Gasteiger partial charge in [-0.05, 0) is 37.6 Å². The number of rotatable bonds is 8. The van der Waals surface area contributed by atoms with Gasteiger partial charge in [-0.15, -0.1) is 0 Å². The molecule has 2 N–H and O–H groups in total. The van der Waals surface area contributed by atoms with Crippen LogP contribution in [0.15, 0.2) is 24.3 Å². The summed E-state index contributed by atoms with van der Waals surface area (Å²) >= 11 is 0. The van der Waals surface area contributed by atoms with Crippen molar-refractivity contribution in [1.82, 2.24) is 0 Å². The van der Waals surface area contributed by atoms with E-state index in [-0.39, 0.29) is 5.91 Å². The molecule has 1 rings (SSSR count). The van der Waals surface area contributed by atoms with E-state index in [1.807, 2.05) is 0 Å². The summed E-state index contributed by atoms with van der Waals surface area (Å²) in [4.78, 5) is 11.5. The molecule has 1 unspecified atom stereocenters. The van der Waals surface area contributed by atoms with E-state index in [1.54, 1.807) is 38.3 Å². The molecule has 106 valence electrons. The number of aliphatic hydroxyl groups excluding tert-OH is 1. The van der Waals surface area contributed by atoms with E-state index in [0.29, 0.717) is 26.1 Å². The molecule has 0 heterocycles. The number of hydrogen-bond donors (Lipinski definition) is 2. The smallest absolute Gasteiger partial charge is 0.224 e. The molecule has 0 radical (unpaired) electrons. The third kappa shape index (κ3) is 6.79. The molecule has 0 aromatic heterocycles. The van der Waals surface area contributed by atoms with Crippen molar-refractivity contribution in [2.24, 2.45) is 0 Å². The molecule has 0 bridgehead atoms. The van der Waals surface area contributed by atoms with Gasteiger partial charge >= 0.3 is 0 Å². The highest BCUT2D eigenvalue weighted by atomic mass is 16.5. The van der Waals surface area contributed by atoms with Crippen molar-refractivity contribution in [2.45, 2.75) is 25.9 Å². The van der Waals surface area contributed by atoms with E-state index < -0.39 is 6.10 Å².